The summed E-state index contributed by atoms with van der Waals surface area (Å²) in [7, 11) is 1.56. The van der Waals surface area contributed by atoms with Crippen LogP contribution in [0.2, 0.25) is 0 Å². The third kappa shape index (κ3) is 2.85. The van der Waals surface area contributed by atoms with Crippen LogP contribution in [0.15, 0.2) is 36.7 Å². The number of benzene rings is 1. The molecule has 0 aliphatic heterocycles. The summed E-state index contributed by atoms with van der Waals surface area (Å²) < 4.78 is 17.4. The molecule has 76 valence electrons. The number of halogens is 1. The summed E-state index contributed by atoms with van der Waals surface area (Å²) in [6.07, 6.45) is -0.898. The van der Waals surface area contributed by atoms with E-state index in [4.69, 9.17) is 4.74 Å². The summed E-state index contributed by atoms with van der Waals surface area (Å²) in [5.41, 5.74) is 0.657. The summed E-state index contributed by atoms with van der Waals surface area (Å²) in [5.74, 6) is 0.188. The Morgan fingerprint density at radius 3 is 2.50 bits per heavy atom. The molecule has 1 N–H and O–H groups in total. The van der Waals surface area contributed by atoms with Crippen molar-refractivity contribution in [1.29, 1.82) is 0 Å². The van der Waals surface area contributed by atoms with Crippen LogP contribution in [0.3, 0.4) is 0 Å². The average Bonchev–Trinajstić information content (AvgIpc) is 2.17. The van der Waals surface area contributed by atoms with E-state index in [1.54, 1.807) is 31.4 Å². The lowest BCUT2D eigenvalue weighted by Gasteiger charge is -2.09. The van der Waals surface area contributed by atoms with Gasteiger partial charge in [-0.1, -0.05) is 18.7 Å². The molecule has 0 radical (unpaired) electrons. The van der Waals surface area contributed by atoms with Gasteiger partial charge in [0.2, 0.25) is 0 Å². The van der Waals surface area contributed by atoms with Crippen LogP contribution >= 0.6 is 0 Å². The first-order valence-corrected chi connectivity index (χ1v) is 4.28. The van der Waals surface area contributed by atoms with Crippen molar-refractivity contribution in [2.24, 2.45) is 0 Å². The van der Waals surface area contributed by atoms with E-state index in [-0.39, 0.29) is 6.42 Å². The fourth-order valence-corrected chi connectivity index (χ4v) is 1.15. The fourth-order valence-electron chi connectivity index (χ4n) is 1.15. The average molecular weight is 196 g/mol. The van der Waals surface area contributed by atoms with Crippen LogP contribution in [0.1, 0.15) is 18.1 Å². The van der Waals surface area contributed by atoms with Gasteiger partial charge >= 0.3 is 0 Å². The van der Waals surface area contributed by atoms with Gasteiger partial charge in [0.05, 0.1) is 19.0 Å². The lowest BCUT2D eigenvalue weighted by Crippen LogP contribution is -1.97. The maximum Gasteiger partial charge on any atom is 0.118 e. The molecule has 0 bridgehead atoms. The molecule has 2 nitrogen and oxygen atoms in total. The van der Waals surface area contributed by atoms with Crippen molar-refractivity contribution >= 4 is 0 Å². The molecule has 1 aromatic carbocycles. The van der Waals surface area contributed by atoms with Gasteiger partial charge in [0.1, 0.15) is 5.75 Å². The maximum atomic E-state index is 12.4. The zero-order valence-corrected chi connectivity index (χ0v) is 8.03. The summed E-state index contributed by atoms with van der Waals surface area (Å²) in [6.45, 7) is 3.10. The van der Waals surface area contributed by atoms with Crippen LogP contribution in [0.5, 0.6) is 5.75 Å². The topological polar surface area (TPSA) is 29.5 Å². The van der Waals surface area contributed by atoms with Gasteiger partial charge in [-0.25, -0.2) is 4.39 Å². The van der Waals surface area contributed by atoms with Crippen molar-refractivity contribution in [1.82, 2.24) is 0 Å². The maximum absolute atomic E-state index is 12.4. The Morgan fingerprint density at radius 1 is 1.50 bits per heavy atom. The van der Waals surface area contributed by atoms with Crippen molar-refractivity contribution in [2.45, 2.75) is 12.5 Å². The molecule has 0 heterocycles. The van der Waals surface area contributed by atoms with E-state index in [9.17, 15) is 9.50 Å². The zero-order valence-electron chi connectivity index (χ0n) is 8.03. The molecule has 14 heavy (non-hydrogen) atoms. The molecule has 0 amide bonds. The molecule has 0 saturated heterocycles. The van der Waals surface area contributed by atoms with Crippen LogP contribution in [0.25, 0.3) is 0 Å². The van der Waals surface area contributed by atoms with Gasteiger partial charge < -0.3 is 9.84 Å². The Labute approximate surface area is 82.6 Å². The highest BCUT2D eigenvalue weighted by atomic mass is 19.1. The largest absolute Gasteiger partial charge is 0.497 e. The van der Waals surface area contributed by atoms with Crippen LogP contribution in [-0.4, -0.2) is 12.2 Å². The van der Waals surface area contributed by atoms with E-state index in [0.29, 0.717) is 11.3 Å². The van der Waals surface area contributed by atoms with E-state index in [2.05, 4.69) is 6.58 Å². The predicted octanol–water partition coefficient (Wildman–Crippen LogP) is 2.60. The van der Waals surface area contributed by atoms with Gasteiger partial charge in [0.15, 0.2) is 0 Å². The summed E-state index contributed by atoms with van der Waals surface area (Å²) in [6, 6.07) is 6.85. The molecule has 0 aliphatic carbocycles. The highest BCUT2D eigenvalue weighted by Gasteiger charge is 2.08. The van der Waals surface area contributed by atoms with Crippen molar-refractivity contribution in [3.63, 3.8) is 0 Å². The predicted molar refractivity (Wildman–Crippen MR) is 52.8 cm³/mol. The highest BCUT2D eigenvalue weighted by molar-refractivity contribution is 5.28. The minimum absolute atomic E-state index is 0.0632. The lowest BCUT2D eigenvalue weighted by atomic mass is 10.1. The van der Waals surface area contributed by atoms with Gasteiger partial charge in [-0.05, 0) is 17.7 Å². The van der Waals surface area contributed by atoms with Crippen LogP contribution in [-0.2, 0) is 0 Å². The molecule has 1 aromatic rings. The molecule has 0 saturated carbocycles. The number of hydrogen-bond donors (Lipinski definition) is 1. The number of methoxy groups -OCH3 is 1. The smallest absolute Gasteiger partial charge is 0.118 e. The van der Waals surface area contributed by atoms with Crippen molar-refractivity contribution in [3.8, 4) is 5.75 Å². The van der Waals surface area contributed by atoms with Crippen molar-refractivity contribution in [2.75, 3.05) is 7.11 Å². The van der Waals surface area contributed by atoms with E-state index >= 15 is 0 Å². The quantitative estimate of drug-likeness (QED) is 0.802. The van der Waals surface area contributed by atoms with Crippen molar-refractivity contribution in [3.05, 3.63) is 42.2 Å². The molecule has 3 heteroatoms. The van der Waals surface area contributed by atoms with Gasteiger partial charge in [-0.15, -0.1) is 0 Å². The first kappa shape index (κ1) is 10.7. The normalized spacial score (nSPS) is 12.2. The molecule has 1 atom stereocenters. The van der Waals surface area contributed by atoms with Gasteiger partial charge in [-0.3, -0.25) is 0 Å². The highest BCUT2D eigenvalue weighted by Crippen LogP contribution is 2.22. The Hall–Kier alpha value is -1.35. The molecular formula is C11H13FO2. The molecule has 1 unspecified atom stereocenters. The number of rotatable bonds is 4. The summed E-state index contributed by atoms with van der Waals surface area (Å²) >= 11 is 0. The molecule has 0 spiro atoms. The van der Waals surface area contributed by atoms with E-state index in [0.717, 1.165) is 0 Å². The van der Waals surface area contributed by atoms with Gasteiger partial charge in [0, 0.05) is 6.42 Å². The van der Waals surface area contributed by atoms with Gasteiger partial charge in [0.25, 0.3) is 0 Å². The molecule has 0 fully saturated rings. The fraction of sp³-hybridized carbons (Fsp3) is 0.273. The SMILES string of the molecule is C=C(F)CC(O)c1ccc(OC)cc1. The Kier molecular flexibility index (Phi) is 3.65. The van der Waals surface area contributed by atoms with E-state index < -0.39 is 11.9 Å². The number of aliphatic hydroxyl groups excluding tert-OH is 1. The monoisotopic (exact) mass is 196 g/mol. The second kappa shape index (κ2) is 4.77. The first-order valence-electron chi connectivity index (χ1n) is 4.28. The molecular weight excluding hydrogens is 183 g/mol. The van der Waals surface area contributed by atoms with E-state index in [1.165, 1.54) is 0 Å². The standard InChI is InChI=1S/C11H13FO2/c1-8(12)7-11(13)9-3-5-10(14-2)6-4-9/h3-6,11,13H,1,7H2,2H3. The molecule has 0 aromatic heterocycles. The van der Waals surface area contributed by atoms with Crippen LogP contribution < -0.4 is 4.74 Å². The number of aliphatic hydroxyl groups is 1. The van der Waals surface area contributed by atoms with Crippen molar-refractivity contribution < 1.29 is 14.2 Å². The summed E-state index contributed by atoms with van der Waals surface area (Å²) in [4.78, 5) is 0. The third-order valence-electron chi connectivity index (χ3n) is 1.92. The molecule has 0 aliphatic rings. The van der Waals surface area contributed by atoms with Crippen LogP contribution in [0, 0.1) is 0 Å². The minimum Gasteiger partial charge on any atom is -0.497 e. The Bertz CT molecular complexity index is 306. The Balaban J connectivity index is 2.71. The van der Waals surface area contributed by atoms with Gasteiger partial charge in [-0.2, -0.15) is 0 Å². The third-order valence-corrected chi connectivity index (χ3v) is 1.92. The summed E-state index contributed by atoms with van der Waals surface area (Å²) in [5, 5.41) is 9.51. The molecule has 1 rings (SSSR count). The lowest BCUT2D eigenvalue weighted by molar-refractivity contribution is 0.171. The first-order chi connectivity index (χ1) is 6.63. The Morgan fingerprint density at radius 2 is 2.07 bits per heavy atom. The minimum atomic E-state index is -0.835. The number of ether oxygens (including phenoxy) is 1. The second-order valence-electron chi connectivity index (χ2n) is 3.01. The second-order valence-corrected chi connectivity index (χ2v) is 3.01. The van der Waals surface area contributed by atoms with Crippen LogP contribution in [0.4, 0.5) is 4.39 Å². The zero-order chi connectivity index (χ0) is 10.6. The van der Waals surface area contributed by atoms with E-state index in [1.807, 2.05) is 0 Å². The number of hydrogen-bond acceptors (Lipinski definition) is 2.